The second kappa shape index (κ2) is 4.63. The van der Waals surface area contributed by atoms with E-state index in [1.807, 2.05) is 6.07 Å². The minimum Gasteiger partial charge on any atom is -0.395 e. The standard InChI is InChI=1S/C12H9BrN4O/c1-7(18)11-10(15)12(13)16-17(11)9-4-2-8(6-14)3-5-9/h2-5H,15H2,1H3. The molecular formula is C12H9BrN4O. The van der Waals surface area contributed by atoms with Gasteiger partial charge in [0.2, 0.25) is 0 Å². The Morgan fingerprint density at radius 3 is 2.56 bits per heavy atom. The third kappa shape index (κ3) is 2.00. The summed E-state index contributed by atoms with van der Waals surface area (Å²) < 4.78 is 1.89. The molecule has 1 aromatic heterocycles. The molecule has 0 saturated carbocycles. The number of carbonyl (C=O) groups is 1. The number of nitrogens with zero attached hydrogens (tertiary/aromatic N) is 3. The van der Waals surface area contributed by atoms with Crippen molar-refractivity contribution in [3.63, 3.8) is 0 Å². The molecule has 2 N–H and O–H groups in total. The van der Waals surface area contributed by atoms with Crippen LogP contribution in [-0.2, 0) is 0 Å². The first kappa shape index (κ1) is 12.3. The maximum Gasteiger partial charge on any atom is 0.180 e. The minimum absolute atomic E-state index is 0.171. The van der Waals surface area contributed by atoms with E-state index in [-0.39, 0.29) is 5.78 Å². The maximum absolute atomic E-state index is 11.6. The van der Waals surface area contributed by atoms with Crippen LogP contribution >= 0.6 is 15.9 Å². The van der Waals surface area contributed by atoms with Crippen LogP contribution in [0.1, 0.15) is 23.0 Å². The zero-order chi connectivity index (χ0) is 13.3. The molecule has 0 bridgehead atoms. The fraction of sp³-hybridized carbons (Fsp3) is 0.0833. The molecule has 90 valence electrons. The highest BCUT2D eigenvalue weighted by Gasteiger charge is 2.18. The average molecular weight is 305 g/mol. The summed E-state index contributed by atoms with van der Waals surface area (Å²) in [5, 5.41) is 12.9. The lowest BCUT2D eigenvalue weighted by molar-refractivity contribution is 0.101. The van der Waals surface area contributed by atoms with Crippen LogP contribution < -0.4 is 5.73 Å². The molecular weight excluding hydrogens is 296 g/mol. The molecule has 0 amide bonds. The van der Waals surface area contributed by atoms with Gasteiger partial charge >= 0.3 is 0 Å². The number of benzene rings is 1. The van der Waals surface area contributed by atoms with Crippen molar-refractivity contribution in [2.75, 3.05) is 5.73 Å². The summed E-state index contributed by atoms with van der Waals surface area (Å²) in [6.45, 7) is 1.43. The highest BCUT2D eigenvalue weighted by molar-refractivity contribution is 9.10. The van der Waals surface area contributed by atoms with Gasteiger partial charge in [0.1, 0.15) is 5.69 Å². The number of ketones is 1. The monoisotopic (exact) mass is 304 g/mol. The predicted molar refractivity (Wildman–Crippen MR) is 70.4 cm³/mol. The molecule has 0 spiro atoms. The van der Waals surface area contributed by atoms with Crippen molar-refractivity contribution in [1.82, 2.24) is 9.78 Å². The summed E-state index contributed by atoms with van der Waals surface area (Å²) in [5.41, 5.74) is 7.65. The molecule has 18 heavy (non-hydrogen) atoms. The Balaban J connectivity index is 2.60. The lowest BCUT2D eigenvalue weighted by atomic mass is 10.2. The predicted octanol–water partition coefficient (Wildman–Crippen LogP) is 2.29. The van der Waals surface area contributed by atoms with E-state index in [1.54, 1.807) is 24.3 Å². The van der Waals surface area contributed by atoms with E-state index in [4.69, 9.17) is 11.0 Å². The van der Waals surface area contributed by atoms with Crippen molar-refractivity contribution in [2.24, 2.45) is 0 Å². The molecule has 2 aromatic rings. The third-order valence-corrected chi connectivity index (χ3v) is 3.04. The Bertz CT molecular complexity index is 652. The zero-order valence-corrected chi connectivity index (χ0v) is 11.1. The Labute approximate surface area is 112 Å². The normalized spacial score (nSPS) is 10.1. The maximum atomic E-state index is 11.6. The smallest absolute Gasteiger partial charge is 0.180 e. The minimum atomic E-state index is -0.171. The molecule has 5 nitrogen and oxygen atoms in total. The molecule has 0 radical (unpaired) electrons. The summed E-state index contributed by atoms with van der Waals surface area (Å²) in [6.07, 6.45) is 0. The van der Waals surface area contributed by atoms with Gasteiger partial charge in [-0.2, -0.15) is 10.4 Å². The van der Waals surface area contributed by atoms with E-state index in [0.717, 1.165) is 0 Å². The van der Waals surface area contributed by atoms with E-state index in [0.29, 0.717) is 27.2 Å². The van der Waals surface area contributed by atoms with Crippen LogP contribution in [0.15, 0.2) is 28.9 Å². The molecule has 2 rings (SSSR count). The largest absolute Gasteiger partial charge is 0.395 e. The number of hydrogen-bond acceptors (Lipinski definition) is 4. The van der Waals surface area contributed by atoms with Crippen LogP contribution in [0.3, 0.4) is 0 Å². The number of hydrogen-bond donors (Lipinski definition) is 1. The number of carbonyl (C=O) groups excluding carboxylic acids is 1. The van der Waals surface area contributed by atoms with Crippen LogP contribution in [0, 0.1) is 11.3 Å². The first-order chi connectivity index (χ1) is 8.54. The van der Waals surface area contributed by atoms with Gasteiger partial charge in [0.15, 0.2) is 10.4 Å². The van der Waals surface area contributed by atoms with Crippen molar-refractivity contribution in [1.29, 1.82) is 5.26 Å². The van der Waals surface area contributed by atoms with Crippen LogP contribution in [-0.4, -0.2) is 15.6 Å². The Kier molecular flexibility index (Phi) is 3.17. The van der Waals surface area contributed by atoms with Crippen molar-refractivity contribution in [3.8, 4) is 11.8 Å². The van der Waals surface area contributed by atoms with Gasteiger partial charge in [-0.15, -0.1) is 0 Å². The highest BCUT2D eigenvalue weighted by atomic mass is 79.9. The van der Waals surface area contributed by atoms with Gasteiger partial charge in [0.25, 0.3) is 0 Å². The number of anilines is 1. The molecule has 6 heteroatoms. The highest BCUT2D eigenvalue weighted by Crippen LogP contribution is 2.25. The molecule has 0 unspecified atom stereocenters. The number of halogens is 1. The molecule has 1 heterocycles. The van der Waals surface area contributed by atoms with Gasteiger partial charge in [-0.3, -0.25) is 4.79 Å². The van der Waals surface area contributed by atoms with Crippen molar-refractivity contribution >= 4 is 27.4 Å². The summed E-state index contributed by atoms with van der Waals surface area (Å²) in [6, 6.07) is 8.77. The van der Waals surface area contributed by atoms with Gasteiger partial charge in [-0.05, 0) is 40.2 Å². The van der Waals surface area contributed by atoms with E-state index in [9.17, 15) is 4.79 Å². The van der Waals surface area contributed by atoms with Crippen LogP contribution in [0.4, 0.5) is 5.69 Å². The third-order valence-electron chi connectivity index (χ3n) is 2.45. The first-order valence-electron chi connectivity index (χ1n) is 5.10. The van der Waals surface area contributed by atoms with Crippen LogP contribution in [0.25, 0.3) is 5.69 Å². The number of nitrogens with two attached hydrogens (primary N) is 1. The van der Waals surface area contributed by atoms with Crippen molar-refractivity contribution in [3.05, 3.63) is 40.1 Å². The summed E-state index contributed by atoms with van der Waals surface area (Å²) in [4.78, 5) is 11.6. The molecule has 0 aliphatic carbocycles. The Hall–Kier alpha value is -2.13. The number of rotatable bonds is 2. The van der Waals surface area contributed by atoms with Crippen LogP contribution in [0.2, 0.25) is 0 Å². The number of Topliss-reactive ketones (excluding diaryl/α,β-unsaturated/α-hetero) is 1. The van der Waals surface area contributed by atoms with Gasteiger partial charge in [-0.1, -0.05) is 0 Å². The van der Waals surface area contributed by atoms with Crippen molar-refractivity contribution < 1.29 is 4.79 Å². The summed E-state index contributed by atoms with van der Waals surface area (Å²) in [5.74, 6) is -0.171. The molecule has 0 atom stereocenters. The number of nitrogen functional groups attached to an aromatic ring is 1. The van der Waals surface area contributed by atoms with E-state index in [1.165, 1.54) is 11.6 Å². The average Bonchev–Trinajstić information content (AvgIpc) is 2.66. The molecule has 0 aliphatic rings. The second-order valence-corrected chi connectivity index (χ2v) is 4.43. The summed E-state index contributed by atoms with van der Waals surface area (Å²) in [7, 11) is 0. The molecule has 1 aromatic carbocycles. The Morgan fingerprint density at radius 1 is 1.44 bits per heavy atom. The van der Waals surface area contributed by atoms with Gasteiger partial charge in [-0.25, -0.2) is 4.68 Å². The number of aromatic nitrogens is 2. The van der Waals surface area contributed by atoms with Crippen LogP contribution in [0.5, 0.6) is 0 Å². The van der Waals surface area contributed by atoms with Gasteiger partial charge in [0, 0.05) is 6.92 Å². The topological polar surface area (TPSA) is 84.7 Å². The quantitative estimate of drug-likeness (QED) is 0.863. The lowest BCUT2D eigenvalue weighted by Crippen LogP contribution is -2.07. The zero-order valence-electron chi connectivity index (χ0n) is 9.51. The van der Waals surface area contributed by atoms with E-state index >= 15 is 0 Å². The van der Waals surface area contributed by atoms with Crippen molar-refractivity contribution in [2.45, 2.75) is 6.92 Å². The fourth-order valence-electron chi connectivity index (χ4n) is 1.61. The molecule has 0 fully saturated rings. The fourth-order valence-corrected chi connectivity index (χ4v) is 1.95. The lowest BCUT2D eigenvalue weighted by Gasteiger charge is -2.05. The van der Waals surface area contributed by atoms with E-state index < -0.39 is 0 Å². The first-order valence-corrected chi connectivity index (χ1v) is 5.89. The van der Waals surface area contributed by atoms with Gasteiger partial charge in [0.05, 0.1) is 23.0 Å². The summed E-state index contributed by atoms with van der Waals surface area (Å²) >= 11 is 3.20. The number of nitriles is 1. The molecule has 0 saturated heterocycles. The SMILES string of the molecule is CC(=O)c1c(N)c(Br)nn1-c1ccc(C#N)cc1. The Morgan fingerprint density at radius 2 is 2.06 bits per heavy atom. The second-order valence-electron chi connectivity index (χ2n) is 3.68. The van der Waals surface area contributed by atoms with Gasteiger partial charge < -0.3 is 5.73 Å². The van der Waals surface area contributed by atoms with E-state index in [2.05, 4.69) is 21.0 Å². The molecule has 0 aliphatic heterocycles.